The maximum Gasteiger partial charge on any atom is 0.139 e. The van der Waals surface area contributed by atoms with Crippen LogP contribution in [0.25, 0.3) is 28.5 Å². The van der Waals surface area contributed by atoms with Crippen LogP contribution in [-0.4, -0.2) is 4.98 Å². The van der Waals surface area contributed by atoms with Gasteiger partial charge in [0.05, 0.1) is 28.5 Å². The van der Waals surface area contributed by atoms with Crippen LogP contribution in [0.15, 0.2) is 176 Å². The molecule has 0 atom stereocenters. The van der Waals surface area contributed by atoms with Gasteiger partial charge in [0, 0.05) is 23.2 Å². The molecular formula is C50H45N3. The van der Waals surface area contributed by atoms with Gasteiger partial charge in [0.2, 0.25) is 0 Å². The normalized spacial score (nSPS) is 16.1. The fourth-order valence-corrected chi connectivity index (χ4v) is 8.09. The lowest BCUT2D eigenvalue weighted by Crippen LogP contribution is -2.30. The molecule has 0 spiro atoms. The number of benzene rings is 5. The third-order valence-electron chi connectivity index (χ3n) is 10.7. The van der Waals surface area contributed by atoms with Crippen LogP contribution < -0.4 is 9.80 Å². The minimum Gasteiger partial charge on any atom is -0.310 e. The van der Waals surface area contributed by atoms with Gasteiger partial charge in [-0.15, -0.1) is 0 Å². The SMILES string of the molecule is C=C1C2=C(C=C(c3ccccc3)CC2)N(c2cc(N3c4ccccc4C(C)(C)c4ccccc43)cc(-c3ccccc3)n2)/C=C\c2ccccc21.CC. The van der Waals surface area contributed by atoms with Gasteiger partial charge in [-0.1, -0.05) is 156 Å². The lowest BCUT2D eigenvalue weighted by molar-refractivity contribution is 0.632. The van der Waals surface area contributed by atoms with E-state index in [1.165, 1.54) is 44.8 Å². The molecule has 0 amide bonds. The molecular weight excluding hydrogens is 643 g/mol. The summed E-state index contributed by atoms with van der Waals surface area (Å²) in [4.78, 5) is 10.2. The smallest absolute Gasteiger partial charge is 0.139 e. The number of allylic oxidation sites excluding steroid dienone is 4. The number of aromatic nitrogens is 1. The van der Waals surface area contributed by atoms with Gasteiger partial charge in [0.1, 0.15) is 5.82 Å². The summed E-state index contributed by atoms with van der Waals surface area (Å²) in [7, 11) is 0. The Morgan fingerprint density at radius 1 is 0.642 bits per heavy atom. The Hall–Kier alpha value is -6.19. The minimum atomic E-state index is -0.151. The van der Waals surface area contributed by atoms with Gasteiger partial charge in [0.15, 0.2) is 0 Å². The van der Waals surface area contributed by atoms with Crippen molar-refractivity contribution in [2.45, 2.75) is 46.0 Å². The summed E-state index contributed by atoms with van der Waals surface area (Å²) >= 11 is 0. The molecule has 53 heavy (non-hydrogen) atoms. The van der Waals surface area contributed by atoms with Crippen LogP contribution in [0.4, 0.5) is 22.9 Å². The summed E-state index contributed by atoms with van der Waals surface area (Å²) in [6.45, 7) is 13.4. The van der Waals surface area contributed by atoms with Crippen LogP contribution in [0, 0.1) is 0 Å². The van der Waals surface area contributed by atoms with Crippen LogP contribution in [0.5, 0.6) is 0 Å². The summed E-state index contributed by atoms with van der Waals surface area (Å²) in [5, 5.41) is 0. The molecule has 0 fully saturated rings. The van der Waals surface area contributed by atoms with Crippen molar-refractivity contribution in [3.63, 3.8) is 0 Å². The van der Waals surface area contributed by atoms with Gasteiger partial charge in [-0.2, -0.15) is 0 Å². The molecule has 260 valence electrons. The third kappa shape index (κ3) is 6.02. The molecule has 2 aliphatic heterocycles. The molecule has 1 aliphatic carbocycles. The Balaban J connectivity index is 0.00000197. The zero-order valence-electron chi connectivity index (χ0n) is 31.1. The van der Waals surface area contributed by atoms with Gasteiger partial charge in [-0.25, -0.2) is 4.98 Å². The Kier molecular flexibility index (Phi) is 9.02. The van der Waals surface area contributed by atoms with Gasteiger partial charge in [0.25, 0.3) is 0 Å². The Bertz CT molecular complexity index is 2360. The van der Waals surface area contributed by atoms with Crippen LogP contribution in [-0.2, 0) is 5.41 Å². The van der Waals surface area contributed by atoms with Gasteiger partial charge in [-0.3, -0.25) is 0 Å². The summed E-state index contributed by atoms with van der Waals surface area (Å²) < 4.78 is 0. The van der Waals surface area contributed by atoms with Crippen molar-refractivity contribution in [1.82, 2.24) is 4.98 Å². The van der Waals surface area contributed by atoms with Gasteiger partial charge >= 0.3 is 0 Å². The number of fused-ring (bicyclic) bond motifs is 3. The first-order valence-corrected chi connectivity index (χ1v) is 18.8. The Labute approximate surface area is 314 Å². The molecule has 3 aliphatic rings. The Morgan fingerprint density at radius 3 is 1.91 bits per heavy atom. The molecule has 1 aromatic heterocycles. The second-order valence-electron chi connectivity index (χ2n) is 14.1. The molecule has 3 nitrogen and oxygen atoms in total. The standard InChI is InChI=1S/C48H39N3.C2H6/c1-33-39-21-11-10-18-35(39)28-29-50(46-30-37(26-27-40(33)46)34-16-6-4-7-17-34)47-32-38(31-43(49-47)36-19-8-5-9-20-36)51-44-24-14-12-22-41(44)48(2,3)42-23-13-15-25-45(42)51;1-2/h4-25,28-32H,1,26-27H2,2-3H3;1-2H3/b29-28-;. The first kappa shape index (κ1) is 33.9. The average molecular weight is 688 g/mol. The predicted molar refractivity (Wildman–Crippen MR) is 225 cm³/mol. The second-order valence-corrected chi connectivity index (χ2v) is 14.1. The van der Waals surface area contributed by atoms with E-state index in [1.54, 1.807) is 0 Å². The lowest BCUT2D eigenvalue weighted by Gasteiger charge is -2.42. The van der Waals surface area contributed by atoms with Crippen molar-refractivity contribution in [2.24, 2.45) is 0 Å². The molecule has 3 heterocycles. The molecule has 9 rings (SSSR count). The summed E-state index contributed by atoms with van der Waals surface area (Å²) in [6, 6.07) is 52.0. The number of anilines is 4. The van der Waals surface area contributed by atoms with E-state index in [2.05, 4.69) is 188 Å². The van der Waals surface area contributed by atoms with E-state index in [9.17, 15) is 0 Å². The van der Waals surface area contributed by atoms with Crippen molar-refractivity contribution < 1.29 is 0 Å². The number of hydrogen-bond donors (Lipinski definition) is 0. The summed E-state index contributed by atoms with van der Waals surface area (Å²) in [5.41, 5.74) is 16.2. The van der Waals surface area contributed by atoms with Crippen molar-refractivity contribution in [3.8, 4) is 11.3 Å². The number of pyridine rings is 1. The van der Waals surface area contributed by atoms with E-state index in [0.717, 1.165) is 52.4 Å². The highest BCUT2D eigenvalue weighted by Gasteiger charge is 2.37. The zero-order chi connectivity index (χ0) is 36.5. The highest BCUT2D eigenvalue weighted by molar-refractivity contribution is 5.91. The van der Waals surface area contributed by atoms with Crippen molar-refractivity contribution in [1.29, 1.82) is 0 Å². The van der Waals surface area contributed by atoms with E-state index in [-0.39, 0.29) is 5.41 Å². The quantitative estimate of drug-likeness (QED) is 0.184. The predicted octanol–water partition coefficient (Wildman–Crippen LogP) is 13.5. The van der Waals surface area contributed by atoms with E-state index in [1.807, 2.05) is 13.8 Å². The fourth-order valence-electron chi connectivity index (χ4n) is 8.09. The van der Waals surface area contributed by atoms with E-state index < -0.39 is 0 Å². The summed E-state index contributed by atoms with van der Waals surface area (Å²) in [5.74, 6) is 0.854. The molecule has 3 heteroatoms. The first-order valence-electron chi connectivity index (χ1n) is 18.8. The molecule has 0 unspecified atom stereocenters. The van der Waals surface area contributed by atoms with Crippen LogP contribution >= 0.6 is 0 Å². The molecule has 0 bridgehead atoms. The van der Waals surface area contributed by atoms with Crippen LogP contribution in [0.1, 0.15) is 68.4 Å². The molecule has 0 saturated heterocycles. The lowest BCUT2D eigenvalue weighted by atomic mass is 9.73. The van der Waals surface area contributed by atoms with Crippen molar-refractivity contribution in [2.75, 3.05) is 9.80 Å². The third-order valence-corrected chi connectivity index (χ3v) is 10.7. The second kappa shape index (κ2) is 14.1. The fraction of sp³-hybridized carbons (Fsp3) is 0.140. The molecule has 0 saturated carbocycles. The largest absolute Gasteiger partial charge is 0.310 e. The topological polar surface area (TPSA) is 19.4 Å². The zero-order valence-corrected chi connectivity index (χ0v) is 31.1. The van der Waals surface area contributed by atoms with E-state index >= 15 is 0 Å². The van der Waals surface area contributed by atoms with Crippen LogP contribution in [0.2, 0.25) is 0 Å². The highest BCUT2D eigenvalue weighted by atomic mass is 15.2. The van der Waals surface area contributed by atoms with Gasteiger partial charge in [-0.05, 0) is 87.7 Å². The average Bonchev–Trinajstić information content (AvgIpc) is 3.22. The van der Waals surface area contributed by atoms with Gasteiger partial charge < -0.3 is 9.80 Å². The maximum atomic E-state index is 5.46. The molecule has 0 radical (unpaired) electrons. The maximum absolute atomic E-state index is 5.46. The molecule has 5 aromatic carbocycles. The summed E-state index contributed by atoms with van der Waals surface area (Å²) in [6.07, 6.45) is 8.61. The number of para-hydroxylation sites is 2. The van der Waals surface area contributed by atoms with E-state index in [4.69, 9.17) is 11.6 Å². The monoisotopic (exact) mass is 687 g/mol. The van der Waals surface area contributed by atoms with E-state index in [0.29, 0.717) is 0 Å². The minimum absolute atomic E-state index is 0.151. The highest BCUT2D eigenvalue weighted by Crippen LogP contribution is 2.52. The van der Waals surface area contributed by atoms with Crippen molar-refractivity contribution >= 4 is 40.1 Å². The molecule has 0 N–H and O–H groups in total. The van der Waals surface area contributed by atoms with Crippen LogP contribution in [0.3, 0.4) is 0 Å². The number of rotatable bonds is 4. The first-order chi connectivity index (χ1) is 26.0. The van der Waals surface area contributed by atoms with Crippen molar-refractivity contribution in [3.05, 3.63) is 204 Å². The Morgan fingerprint density at radius 2 is 1.23 bits per heavy atom. The number of hydrogen-bond acceptors (Lipinski definition) is 3. The number of nitrogens with zero attached hydrogens (tertiary/aromatic N) is 3. The molecule has 6 aromatic rings.